The molecule has 3 atom stereocenters. The van der Waals surface area contributed by atoms with Crippen LogP contribution in [0.1, 0.15) is 44.6 Å². The number of aryl methyl sites for hydroxylation is 1. The van der Waals surface area contributed by atoms with Crippen LogP contribution in [0.2, 0.25) is 5.02 Å². The lowest BCUT2D eigenvalue weighted by molar-refractivity contribution is -0.196. The van der Waals surface area contributed by atoms with Crippen molar-refractivity contribution in [2.24, 2.45) is 0 Å². The summed E-state index contributed by atoms with van der Waals surface area (Å²) >= 11 is 5.93. The maximum absolute atomic E-state index is 13.4. The van der Waals surface area contributed by atoms with Gasteiger partial charge in [-0.05, 0) is 50.3 Å². The van der Waals surface area contributed by atoms with Gasteiger partial charge in [-0.2, -0.15) is 0 Å². The second-order valence-electron chi connectivity index (χ2n) is 7.91. The van der Waals surface area contributed by atoms with Crippen LogP contribution >= 0.6 is 11.6 Å². The fourth-order valence-corrected chi connectivity index (χ4v) is 4.21. The zero-order valence-electron chi connectivity index (χ0n) is 18.4. The van der Waals surface area contributed by atoms with Crippen LogP contribution in [0.5, 0.6) is 0 Å². The molecule has 10 nitrogen and oxygen atoms in total. The van der Waals surface area contributed by atoms with Crippen molar-refractivity contribution in [1.82, 2.24) is 15.3 Å². The second-order valence-corrected chi connectivity index (χ2v) is 8.34. The second kappa shape index (κ2) is 11.3. The van der Waals surface area contributed by atoms with E-state index in [-0.39, 0.29) is 31.8 Å². The number of carbonyl (C=O) groups excluding carboxylic acids is 3. The van der Waals surface area contributed by atoms with Crippen molar-refractivity contribution >= 4 is 35.5 Å². The Morgan fingerprint density at radius 1 is 1.24 bits per heavy atom. The largest absolute Gasteiger partial charge is 0.507 e. The van der Waals surface area contributed by atoms with Gasteiger partial charge in [0.25, 0.3) is 5.91 Å². The molecule has 0 spiro atoms. The number of ether oxygens (including phenoxy) is 2. The molecule has 11 heteroatoms. The van der Waals surface area contributed by atoms with E-state index in [0.29, 0.717) is 30.8 Å². The maximum Gasteiger partial charge on any atom is 0.507 e. The summed E-state index contributed by atoms with van der Waals surface area (Å²) in [6, 6.07) is 5.57. The average Bonchev–Trinajstić information content (AvgIpc) is 2.89. The van der Waals surface area contributed by atoms with Gasteiger partial charge in [-0.25, -0.2) is 14.8 Å². The molecule has 2 aliphatic heterocycles. The zero-order chi connectivity index (χ0) is 24.0. The van der Waals surface area contributed by atoms with Gasteiger partial charge in [-0.3, -0.25) is 19.7 Å². The SMILES string of the molecule is CCOC(=O)[C@H](CCc1ccc(Cl)cc1)N[C@H]1CCC(=O)N2CCC[C@H](OC(=O)O)N2C1=O. The smallest absolute Gasteiger partial charge is 0.465 e. The minimum atomic E-state index is -1.52. The number of rotatable bonds is 8. The van der Waals surface area contributed by atoms with E-state index < -0.39 is 36.3 Å². The summed E-state index contributed by atoms with van der Waals surface area (Å²) in [5.74, 6) is -1.29. The summed E-state index contributed by atoms with van der Waals surface area (Å²) in [5.41, 5.74) is 0.968. The van der Waals surface area contributed by atoms with Crippen LogP contribution in [0.3, 0.4) is 0 Å². The summed E-state index contributed by atoms with van der Waals surface area (Å²) in [6.45, 7) is 2.18. The van der Waals surface area contributed by atoms with E-state index in [1.54, 1.807) is 19.1 Å². The van der Waals surface area contributed by atoms with Crippen molar-refractivity contribution in [2.75, 3.05) is 13.2 Å². The molecule has 0 bridgehead atoms. The van der Waals surface area contributed by atoms with E-state index in [9.17, 15) is 19.2 Å². The molecule has 2 N–H and O–H groups in total. The molecule has 2 aliphatic rings. The first kappa shape index (κ1) is 24.8. The molecule has 1 aromatic rings. The summed E-state index contributed by atoms with van der Waals surface area (Å²) < 4.78 is 10.1. The molecule has 1 aromatic carbocycles. The Kier molecular flexibility index (Phi) is 8.51. The molecule has 0 aromatic heterocycles. The van der Waals surface area contributed by atoms with Gasteiger partial charge < -0.3 is 14.6 Å². The molecular weight excluding hydrogens is 454 g/mol. The molecule has 33 heavy (non-hydrogen) atoms. The van der Waals surface area contributed by atoms with Gasteiger partial charge in [0.2, 0.25) is 5.91 Å². The number of benzene rings is 1. The number of nitrogens with zero attached hydrogens (tertiary/aromatic N) is 2. The topological polar surface area (TPSA) is 125 Å². The lowest BCUT2D eigenvalue weighted by Crippen LogP contribution is -2.61. The molecule has 2 heterocycles. The highest BCUT2D eigenvalue weighted by Crippen LogP contribution is 2.26. The minimum Gasteiger partial charge on any atom is -0.465 e. The summed E-state index contributed by atoms with van der Waals surface area (Å²) in [4.78, 5) is 49.8. The first-order valence-electron chi connectivity index (χ1n) is 11.0. The highest BCUT2D eigenvalue weighted by Gasteiger charge is 2.44. The number of hydrogen-bond acceptors (Lipinski definition) is 7. The summed E-state index contributed by atoms with van der Waals surface area (Å²) in [6.07, 6.45) is -0.683. The minimum absolute atomic E-state index is 0.0758. The number of fused-ring (bicyclic) bond motifs is 1. The Bertz CT molecular complexity index is 879. The molecule has 3 rings (SSSR count). The summed E-state index contributed by atoms with van der Waals surface area (Å²) in [5, 5.41) is 15.1. The van der Waals surface area contributed by atoms with Crippen LogP contribution in [-0.4, -0.2) is 70.5 Å². The van der Waals surface area contributed by atoms with Crippen molar-refractivity contribution in [1.29, 1.82) is 0 Å². The molecular formula is C22H28ClN3O7. The average molecular weight is 482 g/mol. The van der Waals surface area contributed by atoms with Crippen molar-refractivity contribution in [3.63, 3.8) is 0 Å². The van der Waals surface area contributed by atoms with Gasteiger partial charge in [0.1, 0.15) is 6.04 Å². The van der Waals surface area contributed by atoms with E-state index in [2.05, 4.69) is 5.32 Å². The van der Waals surface area contributed by atoms with Crippen LogP contribution < -0.4 is 5.32 Å². The number of halogens is 1. The van der Waals surface area contributed by atoms with Crippen molar-refractivity contribution in [3.05, 3.63) is 34.9 Å². The third-order valence-electron chi connectivity index (χ3n) is 5.66. The van der Waals surface area contributed by atoms with Crippen LogP contribution in [-0.2, 0) is 30.3 Å². The Labute approximate surface area is 196 Å². The predicted molar refractivity (Wildman–Crippen MR) is 117 cm³/mol. The normalized spacial score (nSPS) is 21.8. The molecule has 0 unspecified atom stereocenters. The van der Waals surface area contributed by atoms with E-state index in [1.165, 1.54) is 5.01 Å². The van der Waals surface area contributed by atoms with Crippen LogP contribution in [0.4, 0.5) is 4.79 Å². The molecule has 180 valence electrons. The van der Waals surface area contributed by atoms with Crippen molar-refractivity contribution in [3.8, 4) is 0 Å². The number of carbonyl (C=O) groups is 4. The van der Waals surface area contributed by atoms with E-state index in [1.807, 2.05) is 12.1 Å². The molecule has 0 radical (unpaired) electrons. The third-order valence-corrected chi connectivity index (χ3v) is 5.91. The van der Waals surface area contributed by atoms with E-state index in [4.69, 9.17) is 26.2 Å². The number of amides is 2. The van der Waals surface area contributed by atoms with Crippen molar-refractivity contribution < 1.29 is 33.8 Å². The van der Waals surface area contributed by atoms with E-state index in [0.717, 1.165) is 10.6 Å². The van der Waals surface area contributed by atoms with Crippen LogP contribution in [0.25, 0.3) is 0 Å². The maximum atomic E-state index is 13.4. The summed E-state index contributed by atoms with van der Waals surface area (Å²) in [7, 11) is 0. The lowest BCUT2D eigenvalue weighted by atomic mass is 10.0. The molecule has 2 amide bonds. The third kappa shape index (κ3) is 6.35. The van der Waals surface area contributed by atoms with Gasteiger partial charge in [0, 0.05) is 24.4 Å². The number of hydrogen-bond donors (Lipinski definition) is 2. The number of hydrazine groups is 1. The van der Waals surface area contributed by atoms with Gasteiger partial charge in [-0.15, -0.1) is 0 Å². The Morgan fingerprint density at radius 3 is 2.64 bits per heavy atom. The first-order valence-corrected chi connectivity index (χ1v) is 11.4. The van der Waals surface area contributed by atoms with Gasteiger partial charge in [0.05, 0.1) is 12.6 Å². The lowest BCUT2D eigenvalue weighted by Gasteiger charge is -2.42. The standard InChI is InChI=1S/C22H28ClN3O7/c1-2-32-21(29)17(10-7-14-5-8-15(23)9-6-14)24-16-11-12-18(27)25-13-3-4-19(33-22(30)31)26(25)20(16)28/h5-6,8-9,16-17,19,24H,2-4,7,10-13H2,1H3,(H,30,31)/t16-,17-,19-/m0/s1. The predicted octanol–water partition coefficient (Wildman–Crippen LogP) is 2.34. The van der Waals surface area contributed by atoms with Crippen LogP contribution in [0, 0.1) is 0 Å². The number of carboxylic acid groups (broad SMARTS) is 1. The number of nitrogens with one attached hydrogen (secondary N) is 1. The van der Waals surface area contributed by atoms with Crippen molar-refractivity contribution in [2.45, 2.75) is 63.8 Å². The quantitative estimate of drug-likeness (QED) is 0.542. The highest BCUT2D eigenvalue weighted by atomic mass is 35.5. The monoisotopic (exact) mass is 481 g/mol. The highest BCUT2D eigenvalue weighted by molar-refractivity contribution is 6.30. The molecule has 2 fully saturated rings. The fourth-order valence-electron chi connectivity index (χ4n) is 4.08. The van der Waals surface area contributed by atoms with Gasteiger partial charge in [0.15, 0.2) is 6.23 Å². The Balaban J connectivity index is 1.77. The Morgan fingerprint density at radius 2 is 1.97 bits per heavy atom. The van der Waals surface area contributed by atoms with Gasteiger partial charge >= 0.3 is 12.1 Å². The Hall–Kier alpha value is -2.85. The molecule has 0 aliphatic carbocycles. The zero-order valence-corrected chi connectivity index (χ0v) is 19.1. The van der Waals surface area contributed by atoms with E-state index >= 15 is 0 Å². The first-order chi connectivity index (χ1) is 15.8. The van der Waals surface area contributed by atoms with Crippen LogP contribution in [0.15, 0.2) is 24.3 Å². The number of esters is 1. The molecule has 0 saturated carbocycles. The fraction of sp³-hybridized carbons (Fsp3) is 0.545. The molecule has 2 saturated heterocycles. The van der Waals surface area contributed by atoms with Gasteiger partial charge in [-0.1, -0.05) is 23.7 Å².